The van der Waals surface area contributed by atoms with Gasteiger partial charge in [-0.3, -0.25) is 14.6 Å². The molecule has 4 rings (SSSR count). The summed E-state index contributed by atoms with van der Waals surface area (Å²) in [5.74, 6) is -3.21. The quantitative estimate of drug-likeness (QED) is 0.395. The van der Waals surface area contributed by atoms with Crippen molar-refractivity contribution in [3.63, 3.8) is 0 Å². The normalized spacial score (nSPS) is 19.1. The highest BCUT2D eigenvalue weighted by atomic mass is 19.1. The molecule has 2 heterocycles. The number of nitrogens with zero attached hydrogens (tertiary/aromatic N) is 4. The van der Waals surface area contributed by atoms with Gasteiger partial charge in [-0.2, -0.15) is 4.39 Å². The van der Waals surface area contributed by atoms with Crippen LogP contribution in [0.5, 0.6) is 5.75 Å². The van der Waals surface area contributed by atoms with Gasteiger partial charge in [0.2, 0.25) is 11.9 Å². The average molecular weight is 579 g/mol. The topological polar surface area (TPSA) is 84.4 Å². The summed E-state index contributed by atoms with van der Waals surface area (Å²) < 4.78 is 58.9. The van der Waals surface area contributed by atoms with Crippen LogP contribution < -0.4 is 4.74 Å². The van der Waals surface area contributed by atoms with Crippen LogP contribution in [0.2, 0.25) is 0 Å². The molecule has 0 spiro atoms. The number of ether oxygens (including phenoxy) is 3. The van der Waals surface area contributed by atoms with Gasteiger partial charge in [-0.15, -0.1) is 0 Å². The van der Waals surface area contributed by atoms with Crippen LogP contribution in [0.4, 0.5) is 18.0 Å². The molecule has 1 aromatic carbocycles. The zero-order chi connectivity index (χ0) is 29.7. The van der Waals surface area contributed by atoms with Gasteiger partial charge in [0.1, 0.15) is 24.6 Å². The zero-order valence-corrected chi connectivity index (χ0v) is 23.9. The van der Waals surface area contributed by atoms with E-state index >= 15 is 0 Å². The second kappa shape index (κ2) is 13.1. The van der Waals surface area contributed by atoms with Crippen molar-refractivity contribution < 1.29 is 37.0 Å². The van der Waals surface area contributed by atoms with E-state index in [1.165, 1.54) is 23.2 Å². The Bertz CT molecular complexity index is 1220. The SMILES string of the molecule is COCCN1CCN(C(=O)CN(C(=O)OC(C)(C)C)C2CC2c2cc(F)cc(F)c2OCc2ccc(F)nc2)CC1. The molecule has 2 atom stereocenters. The predicted molar refractivity (Wildman–Crippen MR) is 144 cm³/mol. The largest absolute Gasteiger partial charge is 0.485 e. The number of halogens is 3. The van der Waals surface area contributed by atoms with Crippen LogP contribution in [-0.2, 0) is 20.9 Å². The maximum atomic E-state index is 14.9. The lowest BCUT2D eigenvalue weighted by Gasteiger charge is -2.36. The van der Waals surface area contributed by atoms with E-state index < -0.39 is 41.2 Å². The van der Waals surface area contributed by atoms with E-state index in [1.807, 2.05) is 0 Å². The molecule has 0 bridgehead atoms. The lowest BCUT2D eigenvalue weighted by Crippen LogP contribution is -2.53. The molecule has 1 saturated carbocycles. The van der Waals surface area contributed by atoms with E-state index in [9.17, 15) is 22.8 Å². The van der Waals surface area contributed by atoms with Crippen molar-refractivity contribution in [3.8, 4) is 5.75 Å². The molecular formula is C29H37F3N4O5. The van der Waals surface area contributed by atoms with Crippen molar-refractivity contribution in [3.05, 3.63) is 59.2 Å². The number of aromatic nitrogens is 1. The highest BCUT2D eigenvalue weighted by Gasteiger charge is 2.49. The van der Waals surface area contributed by atoms with E-state index in [1.54, 1.807) is 32.8 Å². The van der Waals surface area contributed by atoms with Gasteiger partial charge in [0.25, 0.3) is 0 Å². The molecule has 1 aliphatic heterocycles. The third-order valence-electron chi connectivity index (χ3n) is 7.04. The Kier molecular flexibility index (Phi) is 9.75. The van der Waals surface area contributed by atoms with E-state index in [-0.39, 0.29) is 30.4 Å². The molecule has 12 heteroatoms. The highest BCUT2D eigenvalue weighted by Crippen LogP contribution is 2.49. The van der Waals surface area contributed by atoms with Crippen LogP contribution in [0.15, 0.2) is 30.5 Å². The van der Waals surface area contributed by atoms with Crippen LogP contribution in [0, 0.1) is 17.6 Å². The van der Waals surface area contributed by atoms with Crippen molar-refractivity contribution in [1.29, 1.82) is 0 Å². The van der Waals surface area contributed by atoms with Crippen molar-refractivity contribution in [1.82, 2.24) is 19.7 Å². The lowest BCUT2D eigenvalue weighted by molar-refractivity contribution is -0.134. The van der Waals surface area contributed by atoms with Crippen molar-refractivity contribution in [2.75, 3.05) is 53.0 Å². The summed E-state index contributed by atoms with van der Waals surface area (Å²) in [7, 11) is 1.65. The molecule has 2 fully saturated rings. The lowest BCUT2D eigenvalue weighted by atomic mass is 10.1. The average Bonchev–Trinajstić information content (AvgIpc) is 3.70. The zero-order valence-electron chi connectivity index (χ0n) is 23.9. The minimum atomic E-state index is -0.896. The van der Waals surface area contributed by atoms with Crippen molar-refractivity contribution >= 4 is 12.0 Å². The first kappa shape index (κ1) is 30.6. The molecule has 2 unspecified atom stereocenters. The highest BCUT2D eigenvalue weighted by molar-refractivity contribution is 5.83. The minimum Gasteiger partial charge on any atom is -0.485 e. The van der Waals surface area contributed by atoms with Crippen LogP contribution in [-0.4, -0.2) is 96.3 Å². The second-order valence-electron chi connectivity index (χ2n) is 11.3. The van der Waals surface area contributed by atoms with Gasteiger partial charge in [0.05, 0.1) is 6.61 Å². The molecule has 1 saturated heterocycles. The number of hydrogen-bond acceptors (Lipinski definition) is 7. The minimum absolute atomic E-state index is 0.120. The number of pyridine rings is 1. The Morgan fingerprint density at radius 2 is 1.83 bits per heavy atom. The molecule has 1 aromatic heterocycles. The molecule has 41 heavy (non-hydrogen) atoms. The molecule has 0 radical (unpaired) electrons. The standard InChI is InChI=1S/C29H37F3N4O5/c1-29(2,3)41-28(38)36(17-26(37)35-9-7-34(8-10-35)11-12-39-4)24-15-21(24)22-13-20(30)14-23(31)27(22)40-18-19-5-6-25(32)33-16-19/h5-6,13-14,16,21,24H,7-12,15,17-18H2,1-4H3. The van der Waals surface area contributed by atoms with Crippen LogP contribution >= 0.6 is 0 Å². The fraction of sp³-hybridized carbons (Fsp3) is 0.552. The third kappa shape index (κ3) is 8.32. The maximum absolute atomic E-state index is 14.9. The third-order valence-corrected chi connectivity index (χ3v) is 7.04. The van der Waals surface area contributed by atoms with Crippen molar-refractivity contribution in [2.45, 2.75) is 51.4 Å². The summed E-state index contributed by atoms with van der Waals surface area (Å²) in [6, 6.07) is 4.00. The van der Waals surface area contributed by atoms with Gasteiger partial charge in [-0.25, -0.2) is 18.6 Å². The molecule has 0 N–H and O–H groups in total. The monoisotopic (exact) mass is 578 g/mol. The number of benzene rings is 1. The Labute approximate surface area is 238 Å². The number of carbonyl (C=O) groups excluding carboxylic acids is 2. The molecule has 224 valence electrons. The van der Waals surface area contributed by atoms with Gasteiger partial charge in [0.15, 0.2) is 11.6 Å². The first-order valence-electron chi connectivity index (χ1n) is 13.7. The van der Waals surface area contributed by atoms with Crippen molar-refractivity contribution in [2.24, 2.45) is 0 Å². The molecule has 2 aliphatic rings. The maximum Gasteiger partial charge on any atom is 0.411 e. The van der Waals surface area contributed by atoms with Crippen LogP contribution in [0.3, 0.4) is 0 Å². The number of rotatable bonds is 10. The number of methoxy groups -OCH3 is 1. The Morgan fingerprint density at radius 1 is 1.10 bits per heavy atom. The van der Waals surface area contributed by atoms with E-state index in [0.717, 1.165) is 18.7 Å². The van der Waals surface area contributed by atoms with Crippen LogP contribution in [0.25, 0.3) is 0 Å². The van der Waals surface area contributed by atoms with Gasteiger partial charge in [-0.1, -0.05) is 0 Å². The van der Waals surface area contributed by atoms with Gasteiger partial charge < -0.3 is 19.1 Å². The molecule has 9 nitrogen and oxygen atoms in total. The summed E-state index contributed by atoms with van der Waals surface area (Å²) in [5, 5.41) is 0. The first-order valence-corrected chi connectivity index (χ1v) is 13.7. The molecular weight excluding hydrogens is 541 g/mol. The number of piperazine rings is 1. The number of carbonyl (C=O) groups is 2. The van der Waals surface area contributed by atoms with Gasteiger partial charge >= 0.3 is 6.09 Å². The Balaban J connectivity index is 1.49. The molecule has 2 aromatic rings. The Morgan fingerprint density at radius 3 is 2.46 bits per heavy atom. The summed E-state index contributed by atoms with van der Waals surface area (Å²) in [4.78, 5) is 35.4. The van der Waals surface area contributed by atoms with E-state index in [4.69, 9.17) is 14.2 Å². The first-order chi connectivity index (χ1) is 19.4. The van der Waals surface area contributed by atoms with E-state index in [2.05, 4.69) is 9.88 Å². The van der Waals surface area contributed by atoms with E-state index in [0.29, 0.717) is 44.8 Å². The number of hydrogen-bond donors (Lipinski definition) is 0. The van der Waals surface area contributed by atoms with Gasteiger partial charge in [0, 0.05) is 75.2 Å². The Hall–Kier alpha value is -3.38. The summed E-state index contributed by atoms with van der Waals surface area (Å²) in [6.07, 6.45) is 0.965. The smallest absolute Gasteiger partial charge is 0.411 e. The fourth-order valence-corrected chi connectivity index (χ4v) is 4.84. The van der Waals surface area contributed by atoms with Gasteiger partial charge in [-0.05, 0) is 45.4 Å². The fourth-order valence-electron chi connectivity index (χ4n) is 4.84. The van der Waals surface area contributed by atoms with Crippen LogP contribution in [0.1, 0.15) is 44.2 Å². The number of amides is 2. The molecule has 1 aliphatic carbocycles. The summed E-state index contributed by atoms with van der Waals surface area (Å²) >= 11 is 0. The summed E-state index contributed by atoms with van der Waals surface area (Å²) in [5.41, 5.74) is -0.0647. The molecule has 2 amide bonds. The summed E-state index contributed by atoms with van der Waals surface area (Å²) in [6.45, 7) is 8.66. The second-order valence-corrected chi connectivity index (χ2v) is 11.3. The predicted octanol–water partition coefficient (Wildman–Crippen LogP) is 3.96.